The zero-order chi connectivity index (χ0) is 15.6. The van der Waals surface area contributed by atoms with Gasteiger partial charge in [0.2, 0.25) is 0 Å². The van der Waals surface area contributed by atoms with Crippen LogP contribution in [0.4, 0.5) is 5.69 Å². The van der Waals surface area contributed by atoms with Crippen molar-refractivity contribution in [3.05, 3.63) is 59.2 Å². The van der Waals surface area contributed by atoms with Crippen LogP contribution in [-0.2, 0) is 9.84 Å². The SMILES string of the molecule is Cc1cc(C)cc(NC(C)c2ccc(S(C)(=O)=O)cc2)c1. The molecule has 112 valence electrons. The summed E-state index contributed by atoms with van der Waals surface area (Å²) >= 11 is 0. The van der Waals surface area contributed by atoms with Gasteiger partial charge in [0.25, 0.3) is 0 Å². The topological polar surface area (TPSA) is 46.2 Å². The number of anilines is 1. The minimum Gasteiger partial charge on any atom is -0.379 e. The Balaban J connectivity index is 2.18. The lowest BCUT2D eigenvalue weighted by molar-refractivity contribution is 0.602. The van der Waals surface area contributed by atoms with Crippen molar-refractivity contribution in [3.8, 4) is 0 Å². The van der Waals surface area contributed by atoms with Crippen LogP contribution in [0.5, 0.6) is 0 Å². The summed E-state index contributed by atoms with van der Waals surface area (Å²) < 4.78 is 22.9. The van der Waals surface area contributed by atoms with Crippen LogP contribution in [0.15, 0.2) is 47.4 Å². The zero-order valence-electron chi connectivity index (χ0n) is 12.8. The van der Waals surface area contributed by atoms with E-state index in [0.717, 1.165) is 11.3 Å². The average Bonchev–Trinajstić information content (AvgIpc) is 2.36. The molecule has 0 fully saturated rings. The molecule has 2 aromatic carbocycles. The molecule has 1 N–H and O–H groups in total. The van der Waals surface area contributed by atoms with Gasteiger partial charge in [-0.05, 0) is 61.7 Å². The maximum atomic E-state index is 11.5. The minimum absolute atomic E-state index is 0.111. The fourth-order valence-corrected chi connectivity index (χ4v) is 3.03. The van der Waals surface area contributed by atoms with Gasteiger partial charge >= 0.3 is 0 Å². The molecule has 0 spiro atoms. The van der Waals surface area contributed by atoms with Crippen LogP contribution in [0.1, 0.15) is 29.7 Å². The maximum Gasteiger partial charge on any atom is 0.175 e. The van der Waals surface area contributed by atoms with Gasteiger partial charge < -0.3 is 5.32 Å². The molecule has 0 heterocycles. The molecule has 0 radical (unpaired) electrons. The summed E-state index contributed by atoms with van der Waals surface area (Å²) in [7, 11) is -3.14. The van der Waals surface area contributed by atoms with Crippen molar-refractivity contribution in [2.75, 3.05) is 11.6 Å². The van der Waals surface area contributed by atoms with Gasteiger partial charge in [0.1, 0.15) is 0 Å². The summed E-state index contributed by atoms with van der Waals surface area (Å²) in [6, 6.07) is 13.5. The second kappa shape index (κ2) is 5.90. The molecular formula is C17H21NO2S. The average molecular weight is 303 g/mol. The van der Waals surface area contributed by atoms with Crippen molar-refractivity contribution in [1.29, 1.82) is 0 Å². The molecular weight excluding hydrogens is 282 g/mol. The monoisotopic (exact) mass is 303 g/mol. The van der Waals surface area contributed by atoms with Crippen LogP contribution in [0, 0.1) is 13.8 Å². The molecule has 3 nitrogen and oxygen atoms in total. The van der Waals surface area contributed by atoms with E-state index >= 15 is 0 Å². The third kappa shape index (κ3) is 4.08. The second-order valence-corrected chi connectivity index (χ2v) is 7.60. The van der Waals surface area contributed by atoms with Gasteiger partial charge in [0.15, 0.2) is 9.84 Å². The van der Waals surface area contributed by atoms with E-state index in [2.05, 4.69) is 44.3 Å². The van der Waals surface area contributed by atoms with Gasteiger partial charge in [0, 0.05) is 18.0 Å². The van der Waals surface area contributed by atoms with E-state index in [1.54, 1.807) is 12.1 Å². The number of rotatable bonds is 4. The molecule has 0 aliphatic rings. The number of sulfone groups is 1. The first-order valence-electron chi connectivity index (χ1n) is 6.90. The molecule has 0 saturated carbocycles. The van der Waals surface area contributed by atoms with E-state index in [0.29, 0.717) is 4.90 Å². The highest BCUT2D eigenvalue weighted by Gasteiger charge is 2.09. The zero-order valence-corrected chi connectivity index (χ0v) is 13.7. The van der Waals surface area contributed by atoms with Gasteiger partial charge in [-0.1, -0.05) is 18.2 Å². The first-order valence-corrected chi connectivity index (χ1v) is 8.80. The molecule has 2 rings (SSSR count). The molecule has 21 heavy (non-hydrogen) atoms. The Bertz CT molecular complexity index is 714. The van der Waals surface area contributed by atoms with E-state index in [1.165, 1.54) is 17.4 Å². The summed E-state index contributed by atoms with van der Waals surface area (Å²) in [5.41, 5.74) is 4.57. The van der Waals surface area contributed by atoms with E-state index in [1.807, 2.05) is 12.1 Å². The first kappa shape index (κ1) is 15.6. The third-order valence-electron chi connectivity index (χ3n) is 3.41. The van der Waals surface area contributed by atoms with Gasteiger partial charge in [-0.3, -0.25) is 0 Å². The van der Waals surface area contributed by atoms with Crippen molar-refractivity contribution < 1.29 is 8.42 Å². The molecule has 1 unspecified atom stereocenters. The van der Waals surface area contributed by atoms with Crippen molar-refractivity contribution in [1.82, 2.24) is 0 Å². The van der Waals surface area contributed by atoms with Crippen molar-refractivity contribution in [2.45, 2.75) is 31.7 Å². The molecule has 1 atom stereocenters. The molecule has 0 amide bonds. The first-order chi connectivity index (χ1) is 9.75. The number of hydrogen-bond donors (Lipinski definition) is 1. The fraction of sp³-hybridized carbons (Fsp3) is 0.294. The number of benzene rings is 2. The summed E-state index contributed by atoms with van der Waals surface area (Å²) in [6.07, 6.45) is 1.22. The smallest absolute Gasteiger partial charge is 0.175 e. The molecule has 4 heteroatoms. The summed E-state index contributed by atoms with van der Waals surface area (Å²) in [6.45, 7) is 6.21. The van der Waals surface area contributed by atoms with Crippen LogP contribution >= 0.6 is 0 Å². The van der Waals surface area contributed by atoms with Crippen LogP contribution in [0.2, 0.25) is 0 Å². The third-order valence-corrected chi connectivity index (χ3v) is 4.54. The van der Waals surface area contributed by atoms with Gasteiger partial charge in [-0.25, -0.2) is 8.42 Å². The fourth-order valence-electron chi connectivity index (χ4n) is 2.40. The molecule has 2 aromatic rings. The van der Waals surface area contributed by atoms with Crippen molar-refractivity contribution in [3.63, 3.8) is 0 Å². The Labute approximate surface area is 126 Å². The van der Waals surface area contributed by atoms with E-state index < -0.39 is 9.84 Å². The summed E-state index contributed by atoms with van der Waals surface area (Å²) in [5, 5.41) is 3.45. The standard InChI is InChI=1S/C17H21NO2S/c1-12-9-13(2)11-16(10-12)18-14(3)15-5-7-17(8-6-15)21(4,19)20/h5-11,14,18H,1-4H3. The quantitative estimate of drug-likeness (QED) is 0.932. The van der Waals surface area contributed by atoms with E-state index in [4.69, 9.17) is 0 Å². The Morgan fingerprint density at radius 2 is 1.48 bits per heavy atom. The van der Waals surface area contributed by atoms with E-state index in [-0.39, 0.29) is 6.04 Å². The van der Waals surface area contributed by atoms with E-state index in [9.17, 15) is 8.42 Å². The van der Waals surface area contributed by atoms with Gasteiger partial charge in [-0.2, -0.15) is 0 Å². The predicted molar refractivity (Wildman–Crippen MR) is 87.5 cm³/mol. The van der Waals surface area contributed by atoms with Gasteiger partial charge in [0.05, 0.1) is 4.90 Å². The van der Waals surface area contributed by atoms with Gasteiger partial charge in [-0.15, -0.1) is 0 Å². The molecule has 0 aliphatic heterocycles. The number of nitrogens with one attached hydrogen (secondary N) is 1. The number of aryl methyl sites for hydroxylation is 2. The lowest BCUT2D eigenvalue weighted by Crippen LogP contribution is -2.07. The molecule has 0 aromatic heterocycles. The molecule has 0 aliphatic carbocycles. The summed E-state index contributed by atoms with van der Waals surface area (Å²) in [5.74, 6) is 0. The lowest BCUT2D eigenvalue weighted by atomic mass is 10.1. The number of hydrogen-bond acceptors (Lipinski definition) is 3. The van der Waals surface area contributed by atoms with Crippen LogP contribution in [0.3, 0.4) is 0 Å². The van der Waals surface area contributed by atoms with Crippen LogP contribution in [-0.4, -0.2) is 14.7 Å². The highest BCUT2D eigenvalue weighted by atomic mass is 32.2. The lowest BCUT2D eigenvalue weighted by Gasteiger charge is -2.17. The van der Waals surface area contributed by atoms with Crippen molar-refractivity contribution in [2.24, 2.45) is 0 Å². The Kier molecular flexibility index (Phi) is 4.37. The maximum absolute atomic E-state index is 11.5. The Hall–Kier alpha value is -1.81. The second-order valence-electron chi connectivity index (χ2n) is 5.58. The normalized spacial score (nSPS) is 13.0. The summed E-state index contributed by atoms with van der Waals surface area (Å²) in [4.78, 5) is 0.352. The highest BCUT2D eigenvalue weighted by Crippen LogP contribution is 2.22. The Morgan fingerprint density at radius 3 is 1.95 bits per heavy atom. The van der Waals surface area contributed by atoms with Crippen LogP contribution in [0.25, 0.3) is 0 Å². The highest BCUT2D eigenvalue weighted by molar-refractivity contribution is 7.90. The minimum atomic E-state index is -3.14. The molecule has 0 saturated heterocycles. The largest absolute Gasteiger partial charge is 0.379 e. The van der Waals surface area contributed by atoms with Crippen LogP contribution < -0.4 is 5.32 Å². The Morgan fingerprint density at radius 1 is 0.952 bits per heavy atom. The predicted octanol–water partition coefficient (Wildman–Crippen LogP) is 3.88. The molecule has 0 bridgehead atoms. The van der Waals surface area contributed by atoms with Crippen molar-refractivity contribution >= 4 is 15.5 Å².